The lowest BCUT2D eigenvalue weighted by Crippen LogP contribution is -2.33. The normalized spacial score (nSPS) is 26.4. The van der Waals surface area contributed by atoms with Crippen molar-refractivity contribution in [3.8, 4) is 0 Å². The van der Waals surface area contributed by atoms with Gasteiger partial charge in [0.15, 0.2) is 5.82 Å². The highest BCUT2D eigenvalue weighted by atomic mass is 19.4. The van der Waals surface area contributed by atoms with Crippen molar-refractivity contribution in [2.24, 2.45) is 17.3 Å². The first-order valence-corrected chi connectivity index (χ1v) is 7.44. The lowest BCUT2D eigenvalue weighted by atomic mass is 9.97. The highest BCUT2D eigenvalue weighted by molar-refractivity contribution is 5.82. The van der Waals surface area contributed by atoms with Crippen LogP contribution in [0.15, 0.2) is 0 Å². The minimum atomic E-state index is -4.19. The van der Waals surface area contributed by atoms with E-state index in [1.807, 2.05) is 13.8 Å². The maximum absolute atomic E-state index is 12.8. The summed E-state index contributed by atoms with van der Waals surface area (Å²) in [6, 6.07) is 0. The number of carbonyl (C=O) groups excluding carboxylic acids is 1. The second-order valence-electron chi connectivity index (χ2n) is 6.88. The van der Waals surface area contributed by atoms with E-state index in [9.17, 15) is 18.0 Å². The van der Waals surface area contributed by atoms with Crippen molar-refractivity contribution in [3.63, 3.8) is 0 Å². The summed E-state index contributed by atoms with van der Waals surface area (Å²) in [7, 11) is 0. The van der Waals surface area contributed by atoms with Crippen LogP contribution in [0.4, 0.5) is 13.2 Å². The first kappa shape index (κ1) is 15.3. The highest BCUT2D eigenvalue weighted by Gasteiger charge is 2.50. The third-order valence-corrected chi connectivity index (χ3v) is 4.75. The lowest BCUT2D eigenvalue weighted by Gasteiger charge is -2.25. The van der Waals surface area contributed by atoms with Gasteiger partial charge < -0.3 is 9.88 Å². The SMILES string of the molecule is CC1(C)C[C@@H]1C(=O)NCc1nnc2n1CCC(C(F)(F)F)C2. The van der Waals surface area contributed by atoms with Crippen LogP contribution in [0.5, 0.6) is 0 Å². The molecule has 0 spiro atoms. The molecule has 1 unspecified atom stereocenters. The van der Waals surface area contributed by atoms with Gasteiger partial charge in [-0.3, -0.25) is 4.79 Å². The van der Waals surface area contributed by atoms with E-state index < -0.39 is 12.1 Å². The number of amides is 1. The first-order chi connectivity index (χ1) is 10.2. The molecule has 0 saturated heterocycles. The van der Waals surface area contributed by atoms with E-state index in [2.05, 4.69) is 15.5 Å². The molecule has 1 N–H and O–H groups in total. The van der Waals surface area contributed by atoms with E-state index in [4.69, 9.17) is 0 Å². The minimum absolute atomic E-state index is 0.0193. The molecule has 1 aliphatic carbocycles. The molecular weight excluding hydrogens is 297 g/mol. The zero-order valence-electron chi connectivity index (χ0n) is 12.6. The van der Waals surface area contributed by atoms with Crippen molar-refractivity contribution < 1.29 is 18.0 Å². The number of aromatic nitrogens is 3. The quantitative estimate of drug-likeness (QED) is 0.928. The number of fused-ring (bicyclic) bond motifs is 1. The van der Waals surface area contributed by atoms with Crippen LogP contribution >= 0.6 is 0 Å². The second-order valence-corrected chi connectivity index (χ2v) is 6.88. The summed E-state index contributed by atoms with van der Waals surface area (Å²) in [4.78, 5) is 12.0. The van der Waals surface area contributed by atoms with Gasteiger partial charge in [-0.15, -0.1) is 10.2 Å². The van der Waals surface area contributed by atoms with Gasteiger partial charge in [0, 0.05) is 18.9 Å². The van der Waals surface area contributed by atoms with Gasteiger partial charge in [0.1, 0.15) is 5.82 Å². The molecule has 1 fully saturated rings. The summed E-state index contributed by atoms with van der Waals surface area (Å²) in [6.07, 6.45) is -3.43. The van der Waals surface area contributed by atoms with Gasteiger partial charge in [-0.2, -0.15) is 13.2 Å². The number of nitrogens with one attached hydrogen (secondary N) is 1. The predicted molar refractivity (Wildman–Crippen MR) is 71.6 cm³/mol. The molecule has 2 atom stereocenters. The summed E-state index contributed by atoms with van der Waals surface area (Å²) in [6.45, 7) is 4.53. The van der Waals surface area contributed by atoms with Crippen molar-refractivity contribution in [2.45, 2.75) is 52.4 Å². The molecule has 0 bridgehead atoms. The van der Waals surface area contributed by atoms with Crippen LogP contribution in [0.2, 0.25) is 0 Å². The lowest BCUT2D eigenvalue weighted by molar-refractivity contribution is -0.179. The number of hydrogen-bond acceptors (Lipinski definition) is 3. The standard InChI is InChI=1S/C14H19F3N4O/c1-13(2)6-9(13)12(22)18-7-11-20-19-10-5-8(14(15,16)17)3-4-21(10)11/h8-9H,3-7H2,1-2H3,(H,18,22)/t8?,9-/m1/s1. The Kier molecular flexibility index (Phi) is 3.45. The highest BCUT2D eigenvalue weighted by Crippen LogP contribution is 2.51. The van der Waals surface area contributed by atoms with Crippen molar-refractivity contribution >= 4 is 5.91 Å². The van der Waals surface area contributed by atoms with Gasteiger partial charge in [0.2, 0.25) is 5.91 Å². The van der Waals surface area contributed by atoms with Crippen LogP contribution in [-0.4, -0.2) is 26.8 Å². The van der Waals surface area contributed by atoms with E-state index in [1.54, 1.807) is 4.57 Å². The maximum atomic E-state index is 12.8. The molecule has 5 nitrogen and oxygen atoms in total. The Bertz CT molecular complexity index is 593. The van der Waals surface area contributed by atoms with Crippen LogP contribution in [-0.2, 0) is 24.3 Å². The number of nitrogens with zero attached hydrogens (tertiary/aromatic N) is 3. The molecule has 22 heavy (non-hydrogen) atoms. The van der Waals surface area contributed by atoms with Crippen molar-refractivity contribution in [1.29, 1.82) is 0 Å². The molecule has 3 rings (SSSR count). The molecule has 2 aliphatic rings. The molecular formula is C14H19F3N4O. The average molecular weight is 316 g/mol. The van der Waals surface area contributed by atoms with E-state index in [1.165, 1.54) is 0 Å². The van der Waals surface area contributed by atoms with Crippen molar-refractivity contribution in [3.05, 3.63) is 11.6 Å². The number of rotatable bonds is 3. The van der Waals surface area contributed by atoms with Crippen LogP contribution in [0, 0.1) is 17.3 Å². The average Bonchev–Trinajstić information content (AvgIpc) is 2.90. The van der Waals surface area contributed by atoms with Crippen molar-refractivity contribution in [1.82, 2.24) is 20.1 Å². The molecule has 8 heteroatoms. The topological polar surface area (TPSA) is 59.8 Å². The van der Waals surface area contributed by atoms with Crippen molar-refractivity contribution in [2.75, 3.05) is 0 Å². The third-order valence-electron chi connectivity index (χ3n) is 4.75. The van der Waals surface area contributed by atoms with Crippen LogP contribution in [0.3, 0.4) is 0 Å². The first-order valence-electron chi connectivity index (χ1n) is 7.44. The molecule has 2 heterocycles. The summed E-state index contributed by atoms with van der Waals surface area (Å²) in [5, 5.41) is 10.6. The van der Waals surface area contributed by atoms with E-state index in [0.29, 0.717) is 11.6 Å². The zero-order chi connectivity index (χ0) is 16.1. The fourth-order valence-electron chi connectivity index (χ4n) is 3.00. The van der Waals surface area contributed by atoms with Gasteiger partial charge >= 0.3 is 6.18 Å². The summed E-state index contributed by atoms with van der Waals surface area (Å²) < 4.78 is 39.9. The molecule has 0 aromatic carbocycles. The Morgan fingerprint density at radius 3 is 2.68 bits per heavy atom. The Balaban J connectivity index is 1.61. The van der Waals surface area contributed by atoms with E-state index >= 15 is 0 Å². The fourth-order valence-corrected chi connectivity index (χ4v) is 3.00. The Labute approximate surface area is 126 Å². The van der Waals surface area contributed by atoms with Gasteiger partial charge in [-0.05, 0) is 18.3 Å². The molecule has 1 saturated carbocycles. The largest absolute Gasteiger partial charge is 0.392 e. The minimum Gasteiger partial charge on any atom is -0.349 e. The Morgan fingerprint density at radius 2 is 2.09 bits per heavy atom. The van der Waals surface area contributed by atoms with Crippen LogP contribution in [0.1, 0.15) is 38.3 Å². The molecule has 1 aliphatic heterocycles. The van der Waals surface area contributed by atoms with Gasteiger partial charge in [-0.25, -0.2) is 0 Å². The van der Waals surface area contributed by atoms with E-state index in [-0.39, 0.29) is 43.2 Å². The monoisotopic (exact) mass is 316 g/mol. The summed E-state index contributed by atoms with van der Waals surface area (Å²) in [5.74, 6) is -0.469. The number of halogens is 3. The van der Waals surface area contributed by atoms with Gasteiger partial charge in [-0.1, -0.05) is 13.8 Å². The van der Waals surface area contributed by atoms with Gasteiger partial charge in [0.05, 0.1) is 12.5 Å². The number of hydrogen-bond donors (Lipinski definition) is 1. The summed E-state index contributed by atoms with van der Waals surface area (Å²) >= 11 is 0. The van der Waals surface area contributed by atoms with Crippen LogP contribution in [0.25, 0.3) is 0 Å². The van der Waals surface area contributed by atoms with E-state index in [0.717, 1.165) is 6.42 Å². The Hall–Kier alpha value is -1.60. The molecule has 122 valence electrons. The number of alkyl halides is 3. The molecule has 1 aromatic rings. The second kappa shape index (κ2) is 4.96. The zero-order valence-corrected chi connectivity index (χ0v) is 12.6. The molecule has 1 amide bonds. The fraction of sp³-hybridized carbons (Fsp3) is 0.786. The maximum Gasteiger partial charge on any atom is 0.392 e. The summed E-state index contributed by atoms with van der Waals surface area (Å²) in [5.41, 5.74) is 0.0499. The van der Waals surface area contributed by atoms with Gasteiger partial charge in [0.25, 0.3) is 0 Å². The molecule has 1 aromatic heterocycles. The smallest absolute Gasteiger partial charge is 0.349 e. The number of carbonyl (C=O) groups is 1. The Morgan fingerprint density at radius 1 is 1.41 bits per heavy atom. The third kappa shape index (κ3) is 2.83. The van der Waals surface area contributed by atoms with Crippen LogP contribution < -0.4 is 5.32 Å². The predicted octanol–water partition coefficient (Wildman–Crippen LogP) is 2.07. The molecule has 0 radical (unpaired) electrons.